The molecule has 2 atom stereocenters. The van der Waals surface area contributed by atoms with Crippen molar-refractivity contribution in [3.8, 4) is 0 Å². The van der Waals surface area contributed by atoms with Crippen LogP contribution in [0.2, 0.25) is 0 Å². The minimum Gasteiger partial charge on any atom is -0.374 e. The summed E-state index contributed by atoms with van der Waals surface area (Å²) in [5.41, 5.74) is 1.30. The summed E-state index contributed by atoms with van der Waals surface area (Å²) in [7, 11) is 1.99. The molecular formula is C14H24N4O. The largest absolute Gasteiger partial charge is 0.374 e. The first kappa shape index (κ1) is 13.1. The van der Waals surface area contributed by atoms with Crippen LogP contribution < -0.4 is 5.32 Å². The van der Waals surface area contributed by atoms with Crippen molar-refractivity contribution in [1.82, 2.24) is 20.0 Å². The number of ether oxygens (including phenoxy) is 1. The fourth-order valence-electron chi connectivity index (χ4n) is 3.05. The van der Waals surface area contributed by atoms with E-state index in [1.165, 1.54) is 18.4 Å². The first-order valence-electron chi connectivity index (χ1n) is 7.37. The van der Waals surface area contributed by atoms with E-state index >= 15 is 0 Å². The summed E-state index contributed by atoms with van der Waals surface area (Å²) < 4.78 is 8.00. The highest BCUT2D eigenvalue weighted by atomic mass is 16.5. The van der Waals surface area contributed by atoms with Crippen molar-refractivity contribution in [3.05, 3.63) is 18.0 Å². The molecule has 3 rings (SSSR count). The van der Waals surface area contributed by atoms with Crippen molar-refractivity contribution in [1.29, 1.82) is 0 Å². The van der Waals surface area contributed by atoms with Crippen LogP contribution >= 0.6 is 0 Å². The molecule has 106 valence electrons. The Morgan fingerprint density at radius 1 is 1.47 bits per heavy atom. The maximum absolute atomic E-state index is 6.00. The molecule has 0 aromatic carbocycles. The molecule has 1 saturated carbocycles. The summed E-state index contributed by atoms with van der Waals surface area (Å²) in [4.78, 5) is 2.63. The summed E-state index contributed by atoms with van der Waals surface area (Å²) in [5.74, 6) is 0. The Bertz CT molecular complexity index is 413. The standard InChI is InChI=1S/C14H24N4O/c1-3-17-10-11(8-16-17)14-13(9-15-2)19-7-6-18(14)12-4-5-12/h8,10,12-15H,3-7,9H2,1-2H3. The molecule has 1 N–H and O–H groups in total. The summed E-state index contributed by atoms with van der Waals surface area (Å²) in [5, 5.41) is 7.69. The van der Waals surface area contributed by atoms with Crippen molar-refractivity contribution in [2.24, 2.45) is 0 Å². The molecule has 0 amide bonds. The summed E-state index contributed by atoms with van der Waals surface area (Å²) in [6, 6.07) is 1.12. The Hall–Kier alpha value is -0.910. The quantitative estimate of drug-likeness (QED) is 0.862. The van der Waals surface area contributed by atoms with E-state index in [4.69, 9.17) is 4.74 Å². The number of nitrogens with one attached hydrogen (secondary N) is 1. The van der Waals surface area contributed by atoms with Crippen molar-refractivity contribution in [2.75, 3.05) is 26.7 Å². The van der Waals surface area contributed by atoms with E-state index in [1.54, 1.807) is 0 Å². The van der Waals surface area contributed by atoms with Gasteiger partial charge in [0.2, 0.25) is 0 Å². The van der Waals surface area contributed by atoms with Crippen LogP contribution in [0, 0.1) is 0 Å². The summed E-state index contributed by atoms with van der Waals surface area (Å²) in [6.07, 6.45) is 7.10. The average Bonchev–Trinajstić information content (AvgIpc) is 3.17. The van der Waals surface area contributed by atoms with Gasteiger partial charge in [-0.1, -0.05) is 0 Å². The lowest BCUT2D eigenvalue weighted by Crippen LogP contribution is -2.49. The van der Waals surface area contributed by atoms with Gasteiger partial charge in [0.1, 0.15) is 0 Å². The Labute approximate surface area is 114 Å². The number of aromatic nitrogens is 2. The second-order valence-electron chi connectivity index (χ2n) is 5.51. The van der Waals surface area contributed by atoms with E-state index in [0.29, 0.717) is 6.04 Å². The maximum Gasteiger partial charge on any atom is 0.0897 e. The third kappa shape index (κ3) is 2.68. The highest BCUT2D eigenvalue weighted by molar-refractivity contribution is 5.15. The molecule has 2 heterocycles. The molecule has 5 nitrogen and oxygen atoms in total. The molecule has 5 heteroatoms. The van der Waals surface area contributed by atoms with Crippen molar-refractivity contribution < 1.29 is 4.74 Å². The van der Waals surface area contributed by atoms with E-state index in [1.807, 2.05) is 17.9 Å². The first-order chi connectivity index (χ1) is 9.33. The van der Waals surface area contributed by atoms with E-state index in [9.17, 15) is 0 Å². The average molecular weight is 264 g/mol. The van der Waals surface area contributed by atoms with Gasteiger partial charge in [-0.2, -0.15) is 5.10 Å². The molecule has 2 unspecified atom stereocenters. The van der Waals surface area contributed by atoms with Crippen LogP contribution in [0.25, 0.3) is 0 Å². The van der Waals surface area contributed by atoms with E-state index < -0.39 is 0 Å². The number of likely N-dealkylation sites (N-methyl/N-ethyl adjacent to an activating group) is 1. The van der Waals surface area contributed by atoms with E-state index in [-0.39, 0.29) is 6.10 Å². The van der Waals surface area contributed by atoms with Gasteiger partial charge >= 0.3 is 0 Å². The smallest absolute Gasteiger partial charge is 0.0897 e. The monoisotopic (exact) mass is 264 g/mol. The van der Waals surface area contributed by atoms with Gasteiger partial charge in [-0.15, -0.1) is 0 Å². The Morgan fingerprint density at radius 2 is 2.32 bits per heavy atom. The first-order valence-corrected chi connectivity index (χ1v) is 7.37. The lowest BCUT2D eigenvalue weighted by atomic mass is 10.0. The van der Waals surface area contributed by atoms with Crippen molar-refractivity contribution in [2.45, 2.75) is 44.5 Å². The van der Waals surface area contributed by atoms with Crippen molar-refractivity contribution in [3.63, 3.8) is 0 Å². The zero-order chi connectivity index (χ0) is 13.2. The van der Waals surface area contributed by atoms with Gasteiger partial charge < -0.3 is 10.1 Å². The highest BCUT2D eigenvalue weighted by Gasteiger charge is 2.41. The van der Waals surface area contributed by atoms with Gasteiger partial charge in [-0.25, -0.2) is 0 Å². The van der Waals surface area contributed by atoms with Crippen LogP contribution in [0.15, 0.2) is 12.4 Å². The maximum atomic E-state index is 6.00. The molecule has 1 aromatic heterocycles. The van der Waals surface area contributed by atoms with Gasteiger partial charge in [-0.05, 0) is 26.8 Å². The van der Waals surface area contributed by atoms with Crippen LogP contribution in [-0.4, -0.2) is 53.6 Å². The molecule has 0 bridgehead atoms. The predicted octanol–water partition coefficient (Wildman–Crippen LogP) is 1.03. The minimum absolute atomic E-state index is 0.230. The lowest BCUT2D eigenvalue weighted by Gasteiger charge is -2.41. The van der Waals surface area contributed by atoms with Gasteiger partial charge in [0.15, 0.2) is 0 Å². The van der Waals surface area contributed by atoms with E-state index in [2.05, 4.69) is 28.4 Å². The number of hydrogen-bond donors (Lipinski definition) is 1. The molecule has 1 aliphatic carbocycles. The molecule has 2 aliphatic rings. The third-order valence-electron chi connectivity index (χ3n) is 4.13. The molecule has 19 heavy (non-hydrogen) atoms. The van der Waals surface area contributed by atoms with Crippen molar-refractivity contribution >= 4 is 0 Å². The highest BCUT2D eigenvalue weighted by Crippen LogP contribution is 2.38. The summed E-state index contributed by atoms with van der Waals surface area (Å²) >= 11 is 0. The zero-order valence-electron chi connectivity index (χ0n) is 11.9. The fraction of sp³-hybridized carbons (Fsp3) is 0.786. The van der Waals surface area contributed by atoms with Crippen LogP contribution in [0.5, 0.6) is 0 Å². The Kier molecular flexibility index (Phi) is 3.86. The summed E-state index contributed by atoms with van der Waals surface area (Å²) in [6.45, 7) is 5.84. The third-order valence-corrected chi connectivity index (χ3v) is 4.13. The van der Waals surface area contributed by atoms with Gasteiger partial charge in [0.25, 0.3) is 0 Å². The molecule has 2 fully saturated rings. The second kappa shape index (κ2) is 5.61. The topological polar surface area (TPSA) is 42.3 Å². The normalized spacial score (nSPS) is 28.7. The van der Waals surface area contributed by atoms with Crippen LogP contribution in [0.1, 0.15) is 31.4 Å². The number of hydrogen-bond acceptors (Lipinski definition) is 4. The lowest BCUT2D eigenvalue weighted by molar-refractivity contribution is -0.0740. The SMILES string of the molecule is CCn1cc(C2C(CNC)OCCN2C2CC2)cn1. The van der Waals surface area contributed by atoms with Gasteiger partial charge in [0.05, 0.1) is 24.9 Å². The zero-order valence-corrected chi connectivity index (χ0v) is 11.9. The molecular weight excluding hydrogens is 240 g/mol. The Balaban J connectivity index is 1.84. The minimum atomic E-state index is 0.230. The number of nitrogens with zero attached hydrogens (tertiary/aromatic N) is 3. The fourth-order valence-corrected chi connectivity index (χ4v) is 3.05. The molecule has 0 spiro atoms. The second-order valence-corrected chi connectivity index (χ2v) is 5.51. The molecule has 1 aromatic rings. The molecule has 1 aliphatic heterocycles. The van der Waals surface area contributed by atoms with Crippen LogP contribution in [-0.2, 0) is 11.3 Å². The van der Waals surface area contributed by atoms with Gasteiger partial charge in [-0.3, -0.25) is 9.58 Å². The van der Waals surface area contributed by atoms with Gasteiger partial charge in [0, 0.05) is 37.4 Å². The number of morpholine rings is 1. The number of aryl methyl sites for hydroxylation is 1. The van der Waals surface area contributed by atoms with Crippen LogP contribution in [0.4, 0.5) is 0 Å². The van der Waals surface area contributed by atoms with E-state index in [0.717, 1.165) is 32.3 Å². The predicted molar refractivity (Wildman–Crippen MR) is 74.0 cm³/mol. The molecule has 1 saturated heterocycles. The Morgan fingerprint density at radius 3 is 2.95 bits per heavy atom. The molecule has 0 radical (unpaired) electrons. The number of rotatable bonds is 5. The van der Waals surface area contributed by atoms with Crippen LogP contribution in [0.3, 0.4) is 0 Å².